The number of likely N-dealkylation sites (N-methyl/N-ethyl adjacent to an activating group) is 1. The van der Waals surface area contributed by atoms with Crippen molar-refractivity contribution in [3.63, 3.8) is 0 Å². The SMILES string of the molecule is CN(C)C1CCN(C2(CN)CCN3CCCCC32)C1. The monoisotopic (exact) mass is 266 g/mol. The maximum Gasteiger partial charge on any atom is 0.0499 e. The topological polar surface area (TPSA) is 35.7 Å². The molecular weight excluding hydrogens is 236 g/mol. The van der Waals surface area contributed by atoms with Crippen LogP contribution < -0.4 is 5.73 Å². The summed E-state index contributed by atoms with van der Waals surface area (Å²) in [5.41, 5.74) is 6.58. The van der Waals surface area contributed by atoms with Crippen molar-refractivity contribution in [1.29, 1.82) is 0 Å². The molecule has 3 atom stereocenters. The molecule has 0 saturated carbocycles. The van der Waals surface area contributed by atoms with Crippen LogP contribution in [0.2, 0.25) is 0 Å². The van der Waals surface area contributed by atoms with Gasteiger partial charge in [0.05, 0.1) is 0 Å². The van der Waals surface area contributed by atoms with Crippen LogP contribution in [0.1, 0.15) is 32.1 Å². The second kappa shape index (κ2) is 5.32. The Morgan fingerprint density at radius 1 is 1.16 bits per heavy atom. The van der Waals surface area contributed by atoms with E-state index in [0.717, 1.165) is 18.6 Å². The van der Waals surface area contributed by atoms with Crippen LogP contribution >= 0.6 is 0 Å². The van der Waals surface area contributed by atoms with Crippen LogP contribution in [0.4, 0.5) is 0 Å². The normalized spacial score (nSPS) is 41.1. The molecule has 0 bridgehead atoms. The molecule has 19 heavy (non-hydrogen) atoms. The van der Waals surface area contributed by atoms with Gasteiger partial charge in [-0.2, -0.15) is 0 Å². The zero-order chi connectivity index (χ0) is 13.5. The molecule has 0 aromatic rings. The summed E-state index contributed by atoms with van der Waals surface area (Å²) in [7, 11) is 4.43. The molecule has 110 valence electrons. The number of hydrogen-bond donors (Lipinski definition) is 1. The zero-order valence-electron chi connectivity index (χ0n) is 12.6. The van der Waals surface area contributed by atoms with E-state index < -0.39 is 0 Å². The van der Waals surface area contributed by atoms with E-state index in [1.807, 2.05) is 0 Å². The predicted octanol–water partition coefficient (Wildman–Crippen LogP) is 0.578. The molecule has 3 heterocycles. The largest absolute Gasteiger partial charge is 0.329 e. The average Bonchev–Trinajstić information content (AvgIpc) is 3.04. The van der Waals surface area contributed by atoms with Crippen molar-refractivity contribution in [3.8, 4) is 0 Å². The van der Waals surface area contributed by atoms with Crippen molar-refractivity contribution in [2.45, 2.75) is 49.7 Å². The fourth-order valence-electron chi connectivity index (χ4n) is 4.67. The van der Waals surface area contributed by atoms with Crippen LogP contribution in [0, 0.1) is 0 Å². The summed E-state index contributed by atoms with van der Waals surface area (Å²) >= 11 is 0. The molecule has 0 radical (unpaired) electrons. The molecule has 2 N–H and O–H groups in total. The van der Waals surface area contributed by atoms with Gasteiger partial charge in [0.2, 0.25) is 0 Å². The lowest BCUT2D eigenvalue weighted by molar-refractivity contribution is 0.0504. The van der Waals surface area contributed by atoms with Crippen molar-refractivity contribution < 1.29 is 0 Å². The van der Waals surface area contributed by atoms with Gasteiger partial charge in [-0.25, -0.2) is 0 Å². The Morgan fingerprint density at radius 2 is 2.00 bits per heavy atom. The lowest BCUT2D eigenvalue weighted by Crippen LogP contribution is -2.61. The molecule has 3 fully saturated rings. The second-order valence-electron chi connectivity index (χ2n) is 6.96. The van der Waals surface area contributed by atoms with E-state index in [0.29, 0.717) is 0 Å². The minimum Gasteiger partial charge on any atom is -0.329 e. The third kappa shape index (κ3) is 2.23. The van der Waals surface area contributed by atoms with Crippen LogP contribution in [-0.4, -0.2) is 79.1 Å². The molecule has 3 saturated heterocycles. The molecule has 0 spiro atoms. The maximum absolute atomic E-state index is 6.30. The lowest BCUT2D eigenvalue weighted by atomic mass is 9.84. The van der Waals surface area contributed by atoms with E-state index in [-0.39, 0.29) is 5.54 Å². The molecule has 0 amide bonds. The van der Waals surface area contributed by atoms with Crippen LogP contribution in [-0.2, 0) is 0 Å². The molecule has 3 aliphatic rings. The number of likely N-dealkylation sites (tertiary alicyclic amines) is 1. The summed E-state index contributed by atoms with van der Waals surface area (Å²) in [5.74, 6) is 0. The quantitative estimate of drug-likeness (QED) is 0.810. The van der Waals surface area contributed by atoms with E-state index in [1.165, 1.54) is 58.3 Å². The molecule has 0 aromatic carbocycles. The third-order valence-corrected chi connectivity index (χ3v) is 5.94. The highest BCUT2D eigenvalue weighted by Crippen LogP contribution is 2.40. The Bertz CT molecular complexity index is 319. The fraction of sp³-hybridized carbons (Fsp3) is 1.00. The van der Waals surface area contributed by atoms with Gasteiger partial charge in [-0.05, 0) is 46.3 Å². The fourth-order valence-corrected chi connectivity index (χ4v) is 4.67. The summed E-state index contributed by atoms with van der Waals surface area (Å²) in [6, 6.07) is 1.45. The lowest BCUT2D eigenvalue weighted by Gasteiger charge is -2.46. The first-order valence-electron chi connectivity index (χ1n) is 8.03. The van der Waals surface area contributed by atoms with Crippen molar-refractivity contribution in [3.05, 3.63) is 0 Å². The standard InChI is InChI=1S/C15H30N4/c1-17(2)13-6-9-19(11-13)15(12-16)7-10-18-8-4-3-5-14(15)18/h13-14H,3-12,16H2,1-2H3. The summed E-state index contributed by atoms with van der Waals surface area (Å²) in [5, 5.41) is 0. The van der Waals surface area contributed by atoms with Crippen LogP contribution in [0.25, 0.3) is 0 Å². The van der Waals surface area contributed by atoms with E-state index in [2.05, 4.69) is 28.8 Å². The average molecular weight is 266 g/mol. The van der Waals surface area contributed by atoms with Crippen LogP contribution in [0.15, 0.2) is 0 Å². The Labute approximate surface area is 117 Å². The highest BCUT2D eigenvalue weighted by molar-refractivity contribution is 5.10. The highest BCUT2D eigenvalue weighted by Gasteiger charge is 2.52. The van der Waals surface area contributed by atoms with Gasteiger partial charge in [0.25, 0.3) is 0 Å². The Hall–Kier alpha value is -0.160. The van der Waals surface area contributed by atoms with Gasteiger partial charge < -0.3 is 10.6 Å². The van der Waals surface area contributed by atoms with Gasteiger partial charge in [0.15, 0.2) is 0 Å². The number of nitrogens with two attached hydrogens (primary N) is 1. The Balaban J connectivity index is 1.76. The first-order valence-corrected chi connectivity index (χ1v) is 8.03. The van der Waals surface area contributed by atoms with E-state index in [1.54, 1.807) is 0 Å². The van der Waals surface area contributed by atoms with Crippen molar-refractivity contribution in [2.75, 3.05) is 46.8 Å². The summed E-state index contributed by atoms with van der Waals surface area (Å²) in [4.78, 5) is 7.85. The van der Waals surface area contributed by atoms with Crippen molar-refractivity contribution in [2.24, 2.45) is 5.73 Å². The Morgan fingerprint density at radius 3 is 2.68 bits per heavy atom. The van der Waals surface area contributed by atoms with Gasteiger partial charge in [-0.15, -0.1) is 0 Å². The first-order chi connectivity index (χ1) is 9.17. The van der Waals surface area contributed by atoms with Crippen LogP contribution in [0.5, 0.6) is 0 Å². The molecule has 3 unspecified atom stereocenters. The number of rotatable bonds is 3. The number of fused-ring (bicyclic) bond motifs is 1. The second-order valence-corrected chi connectivity index (χ2v) is 6.96. The minimum absolute atomic E-state index is 0.283. The number of nitrogens with zero attached hydrogens (tertiary/aromatic N) is 3. The molecule has 0 aliphatic carbocycles. The number of hydrogen-bond acceptors (Lipinski definition) is 4. The van der Waals surface area contributed by atoms with Gasteiger partial charge in [0.1, 0.15) is 0 Å². The van der Waals surface area contributed by atoms with E-state index >= 15 is 0 Å². The minimum atomic E-state index is 0.283. The van der Waals surface area contributed by atoms with Gasteiger partial charge >= 0.3 is 0 Å². The summed E-state index contributed by atoms with van der Waals surface area (Å²) < 4.78 is 0. The maximum atomic E-state index is 6.30. The smallest absolute Gasteiger partial charge is 0.0499 e. The van der Waals surface area contributed by atoms with E-state index in [9.17, 15) is 0 Å². The molecule has 3 aliphatic heterocycles. The van der Waals surface area contributed by atoms with Gasteiger partial charge in [0, 0.05) is 43.8 Å². The molecular formula is C15H30N4. The van der Waals surface area contributed by atoms with E-state index in [4.69, 9.17) is 5.73 Å². The zero-order valence-corrected chi connectivity index (χ0v) is 12.6. The van der Waals surface area contributed by atoms with Gasteiger partial charge in [-0.3, -0.25) is 9.80 Å². The van der Waals surface area contributed by atoms with Gasteiger partial charge in [-0.1, -0.05) is 6.42 Å². The highest BCUT2D eigenvalue weighted by atomic mass is 15.4. The van der Waals surface area contributed by atoms with Crippen LogP contribution in [0.3, 0.4) is 0 Å². The molecule has 3 rings (SSSR count). The molecule has 4 nitrogen and oxygen atoms in total. The van der Waals surface area contributed by atoms with Crippen molar-refractivity contribution in [1.82, 2.24) is 14.7 Å². The first kappa shape index (κ1) is 13.8. The summed E-state index contributed by atoms with van der Waals surface area (Å²) in [6.07, 6.45) is 6.74. The van der Waals surface area contributed by atoms with Crippen molar-refractivity contribution >= 4 is 0 Å². The Kier molecular flexibility index (Phi) is 3.87. The molecule has 0 aromatic heterocycles. The third-order valence-electron chi connectivity index (χ3n) is 5.94. The molecule has 4 heteroatoms. The number of piperidine rings is 1. The predicted molar refractivity (Wildman–Crippen MR) is 79.3 cm³/mol. The summed E-state index contributed by atoms with van der Waals surface area (Å²) in [6.45, 7) is 5.87.